The zero-order valence-corrected chi connectivity index (χ0v) is 28.0. The molecule has 3 aliphatic rings. The Morgan fingerprint density at radius 3 is 2.18 bits per heavy atom. The number of nitrogens with zero attached hydrogens (tertiary/aromatic N) is 2. The first-order valence-electron chi connectivity index (χ1n) is 16.8. The van der Waals surface area contributed by atoms with Crippen LogP contribution in [0.1, 0.15) is 45.4 Å². The van der Waals surface area contributed by atoms with Gasteiger partial charge in [0.05, 0.1) is 40.7 Å². The lowest BCUT2D eigenvalue weighted by Gasteiger charge is -2.48. The van der Waals surface area contributed by atoms with Gasteiger partial charge in [-0.25, -0.2) is 0 Å². The average molecular weight is 732 g/mol. The van der Waals surface area contributed by atoms with E-state index in [4.69, 9.17) is 36.1 Å². The molecule has 1 amide bonds. The standard InChI is InChI=1S/C30H49N7O14/c1-2-3-4-5-22(40)35-17-10-19(39)20(11-34-16-7-6-13(36(44)45)8-18(16)37(46)47)48-29(17)50-27-14(31)9-15(32)28(26(27)43)51-30-25(42)23(33)24(41)21(12-38)49-30/h6-8,14-15,17,19-21,23-30,34,38-39,41-43H,2-5,9-12,31-33H2,1H3,(H,35,40). The summed E-state index contributed by atoms with van der Waals surface area (Å²) in [6, 6.07) is -0.979. The van der Waals surface area contributed by atoms with Crippen LogP contribution in [0.3, 0.4) is 0 Å². The van der Waals surface area contributed by atoms with Crippen molar-refractivity contribution in [2.24, 2.45) is 17.2 Å². The second kappa shape index (κ2) is 18.0. The summed E-state index contributed by atoms with van der Waals surface area (Å²) in [5.41, 5.74) is 17.4. The second-order valence-corrected chi connectivity index (χ2v) is 13.1. The molecule has 0 aromatic heterocycles. The molecule has 1 aromatic carbocycles. The van der Waals surface area contributed by atoms with Gasteiger partial charge in [-0.2, -0.15) is 0 Å². The van der Waals surface area contributed by atoms with Crippen molar-refractivity contribution in [2.75, 3.05) is 18.5 Å². The predicted octanol–water partition coefficient (Wildman–Crippen LogP) is -2.59. The third-order valence-corrected chi connectivity index (χ3v) is 9.38. The number of aliphatic hydroxyl groups excluding tert-OH is 5. The van der Waals surface area contributed by atoms with Gasteiger partial charge in [0.15, 0.2) is 12.6 Å². The van der Waals surface area contributed by atoms with Crippen LogP contribution in [0.2, 0.25) is 0 Å². The molecule has 2 saturated heterocycles. The molecule has 2 aliphatic heterocycles. The average Bonchev–Trinajstić information content (AvgIpc) is 3.08. The Kier molecular flexibility index (Phi) is 14.3. The van der Waals surface area contributed by atoms with E-state index in [2.05, 4.69) is 10.6 Å². The van der Waals surface area contributed by atoms with E-state index >= 15 is 0 Å². The Bertz CT molecular complexity index is 1350. The van der Waals surface area contributed by atoms with Crippen molar-refractivity contribution in [3.05, 3.63) is 38.4 Å². The molecule has 21 nitrogen and oxygen atoms in total. The van der Waals surface area contributed by atoms with Gasteiger partial charge in [0.2, 0.25) is 5.91 Å². The zero-order chi connectivity index (χ0) is 37.6. The van der Waals surface area contributed by atoms with Gasteiger partial charge in [-0.05, 0) is 18.9 Å². The zero-order valence-electron chi connectivity index (χ0n) is 28.0. The smallest absolute Gasteiger partial charge is 0.299 e. The molecule has 14 atom stereocenters. The largest absolute Gasteiger partial charge is 0.394 e. The van der Waals surface area contributed by atoms with Gasteiger partial charge < -0.3 is 72.3 Å². The number of nitro benzene ring substituents is 2. The van der Waals surface area contributed by atoms with Crippen molar-refractivity contribution in [1.29, 1.82) is 0 Å². The van der Waals surface area contributed by atoms with Gasteiger partial charge in [-0.1, -0.05) is 19.8 Å². The van der Waals surface area contributed by atoms with Gasteiger partial charge >= 0.3 is 0 Å². The van der Waals surface area contributed by atoms with Crippen LogP contribution >= 0.6 is 0 Å². The molecule has 4 rings (SSSR count). The number of aliphatic hydroxyl groups is 5. The number of hydrogen-bond donors (Lipinski definition) is 10. The van der Waals surface area contributed by atoms with Crippen LogP contribution in [0.5, 0.6) is 0 Å². The summed E-state index contributed by atoms with van der Waals surface area (Å²) in [5, 5.41) is 81.3. The third kappa shape index (κ3) is 9.82. The SMILES string of the molecule is CCCCCC(=O)NC1CC(O)C(CNc2ccc([N+](=O)[O-])cc2[N+](=O)[O-])OC1OC1C(N)CC(N)C(OC2OC(CO)C(O)C(N)C2O)C1O. The highest BCUT2D eigenvalue weighted by Gasteiger charge is 2.50. The Balaban J connectivity index is 1.53. The van der Waals surface area contributed by atoms with Gasteiger partial charge in [-0.15, -0.1) is 0 Å². The highest BCUT2D eigenvalue weighted by atomic mass is 16.7. The Hall–Kier alpha value is -3.19. The number of amides is 1. The maximum atomic E-state index is 12.9. The van der Waals surface area contributed by atoms with Crippen LogP contribution in [0.15, 0.2) is 18.2 Å². The number of carbonyl (C=O) groups is 1. The fraction of sp³-hybridized carbons (Fsp3) is 0.767. The summed E-state index contributed by atoms with van der Waals surface area (Å²) < 4.78 is 23.7. The van der Waals surface area contributed by atoms with Crippen LogP contribution < -0.4 is 27.8 Å². The quantitative estimate of drug-likeness (QED) is 0.0502. The minimum absolute atomic E-state index is 0.0332. The first kappa shape index (κ1) is 40.6. The Labute approximate surface area is 292 Å². The molecule has 0 radical (unpaired) electrons. The first-order chi connectivity index (χ1) is 24.2. The molecule has 3 fully saturated rings. The normalized spacial score (nSPS) is 37.0. The number of hydrogen-bond acceptors (Lipinski definition) is 18. The van der Waals surface area contributed by atoms with E-state index < -0.39 is 113 Å². The minimum Gasteiger partial charge on any atom is -0.394 e. The predicted molar refractivity (Wildman–Crippen MR) is 176 cm³/mol. The fourth-order valence-electron chi connectivity index (χ4n) is 6.45. The first-order valence-corrected chi connectivity index (χ1v) is 16.8. The molecule has 13 N–H and O–H groups in total. The van der Waals surface area contributed by atoms with E-state index in [1.54, 1.807) is 0 Å². The summed E-state index contributed by atoms with van der Waals surface area (Å²) >= 11 is 0. The van der Waals surface area contributed by atoms with E-state index in [-0.39, 0.29) is 37.4 Å². The molecule has 21 heteroatoms. The number of ether oxygens (including phenoxy) is 4. The summed E-state index contributed by atoms with van der Waals surface area (Å²) in [6.45, 7) is 1.11. The molecule has 1 aromatic rings. The lowest BCUT2D eigenvalue weighted by molar-refractivity contribution is -0.393. The van der Waals surface area contributed by atoms with Gasteiger partial charge in [0, 0.05) is 37.5 Å². The van der Waals surface area contributed by atoms with Crippen LogP contribution in [0, 0.1) is 20.2 Å². The highest BCUT2D eigenvalue weighted by molar-refractivity contribution is 5.76. The number of anilines is 1. The number of carbonyl (C=O) groups excluding carboxylic acids is 1. The summed E-state index contributed by atoms with van der Waals surface area (Å²) in [5.74, 6) is -0.340. The molecule has 288 valence electrons. The van der Waals surface area contributed by atoms with E-state index in [1.165, 1.54) is 0 Å². The molecule has 0 bridgehead atoms. The number of unbranched alkanes of at least 4 members (excludes halogenated alkanes) is 2. The summed E-state index contributed by atoms with van der Waals surface area (Å²) in [4.78, 5) is 34.1. The maximum Gasteiger partial charge on any atom is 0.299 e. The summed E-state index contributed by atoms with van der Waals surface area (Å²) in [6.07, 6.45) is -11.0. The topological polar surface area (TPSA) is 344 Å². The second-order valence-electron chi connectivity index (χ2n) is 13.1. The monoisotopic (exact) mass is 731 g/mol. The van der Waals surface area contributed by atoms with Crippen molar-refractivity contribution in [1.82, 2.24) is 5.32 Å². The van der Waals surface area contributed by atoms with Gasteiger partial charge in [-0.3, -0.25) is 25.0 Å². The lowest BCUT2D eigenvalue weighted by atomic mass is 9.84. The fourth-order valence-corrected chi connectivity index (χ4v) is 6.45. The van der Waals surface area contributed by atoms with E-state index in [0.29, 0.717) is 6.42 Å². The molecule has 14 unspecified atom stereocenters. The van der Waals surface area contributed by atoms with E-state index in [0.717, 1.165) is 31.0 Å². The highest BCUT2D eigenvalue weighted by Crippen LogP contribution is 2.33. The Morgan fingerprint density at radius 2 is 1.57 bits per heavy atom. The summed E-state index contributed by atoms with van der Waals surface area (Å²) in [7, 11) is 0. The van der Waals surface area contributed by atoms with Crippen LogP contribution in [0.25, 0.3) is 0 Å². The van der Waals surface area contributed by atoms with Crippen molar-refractivity contribution in [3.63, 3.8) is 0 Å². The van der Waals surface area contributed by atoms with E-state index in [9.17, 15) is 50.6 Å². The third-order valence-electron chi connectivity index (χ3n) is 9.38. The number of nitrogens with two attached hydrogens (primary N) is 3. The number of rotatable bonds is 15. The van der Waals surface area contributed by atoms with Crippen molar-refractivity contribution in [2.45, 2.75) is 131 Å². The molecular weight excluding hydrogens is 682 g/mol. The van der Waals surface area contributed by atoms with Crippen molar-refractivity contribution < 1.29 is 59.1 Å². The maximum absolute atomic E-state index is 12.9. The van der Waals surface area contributed by atoms with Crippen LogP contribution in [-0.4, -0.2) is 140 Å². The molecule has 0 spiro atoms. The van der Waals surface area contributed by atoms with Gasteiger partial charge in [0.1, 0.15) is 48.4 Å². The van der Waals surface area contributed by atoms with Crippen molar-refractivity contribution >= 4 is 23.0 Å². The number of benzene rings is 1. The number of non-ortho nitro benzene ring substituents is 1. The van der Waals surface area contributed by atoms with Gasteiger partial charge in [0.25, 0.3) is 11.4 Å². The molecule has 2 heterocycles. The lowest BCUT2D eigenvalue weighted by Crippen LogP contribution is -2.68. The van der Waals surface area contributed by atoms with Crippen molar-refractivity contribution in [3.8, 4) is 0 Å². The van der Waals surface area contributed by atoms with Crippen LogP contribution in [0.4, 0.5) is 17.1 Å². The molecule has 1 saturated carbocycles. The molecule has 51 heavy (non-hydrogen) atoms. The Morgan fingerprint density at radius 1 is 0.922 bits per heavy atom. The van der Waals surface area contributed by atoms with E-state index in [1.807, 2.05) is 6.92 Å². The molecular formula is C30H49N7O14. The number of nitro groups is 2. The number of nitrogens with one attached hydrogen (secondary N) is 2. The minimum atomic E-state index is -1.58. The molecule has 1 aliphatic carbocycles. The van der Waals surface area contributed by atoms with Crippen LogP contribution in [-0.2, 0) is 23.7 Å².